The minimum atomic E-state index is -0.857. The van der Waals surface area contributed by atoms with Crippen molar-refractivity contribution in [2.75, 3.05) is 20.1 Å². The van der Waals surface area contributed by atoms with E-state index in [1.54, 1.807) is 48.6 Å². The van der Waals surface area contributed by atoms with Crippen molar-refractivity contribution in [1.82, 2.24) is 9.80 Å². The number of hydrogen-bond donors (Lipinski definition) is 1. The van der Waals surface area contributed by atoms with Crippen LogP contribution in [0.3, 0.4) is 0 Å². The summed E-state index contributed by atoms with van der Waals surface area (Å²) in [5, 5.41) is 10.6. The number of nitrogens with zero attached hydrogens (tertiary/aromatic N) is 2. The zero-order valence-electron chi connectivity index (χ0n) is 18.9. The molecule has 8 nitrogen and oxygen atoms in total. The van der Waals surface area contributed by atoms with Crippen molar-refractivity contribution in [2.45, 2.75) is 89.9 Å². The van der Waals surface area contributed by atoms with Gasteiger partial charge in [-0.1, -0.05) is 11.8 Å². The van der Waals surface area contributed by atoms with Crippen molar-refractivity contribution < 1.29 is 29.0 Å². The highest BCUT2D eigenvalue weighted by atomic mass is 32.2. The van der Waals surface area contributed by atoms with Gasteiger partial charge in [0.15, 0.2) is 5.12 Å². The summed E-state index contributed by atoms with van der Waals surface area (Å²) < 4.78 is 10.8. The molecule has 0 unspecified atom stereocenters. The lowest BCUT2D eigenvalue weighted by atomic mass is 10.1. The van der Waals surface area contributed by atoms with E-state index >= 15 is 0 Å². The normalized spacial score (nSPS) is 20.9. The number of likely N-dealkylation sites (tertiary alicyclic amines) is 1. The van der Waals surface area contributed by atoms with Crippen LogP contribution in [0.25, 0.3) is 0 Å². The molecular weight excluding hydrogens is 396 g/mol. The first-order valence-corrected chi connectivity index (χ1v) is 10.8. The Morgan fingerprint density at radius 1 is 1.14 bits per heavy atom. The maximum absolute atomic E-state index is 12.6. The van der Waals surface area contributed by atoms with E-state index in [9.17, 15) is 19.5 Å². The number of carbonyl (C=O) groups is 3. The fourth-order valence-electron chi connectivity index (χ4n) is 2.99. The molecular formula is C20H36N2O6S. The molecule has 1 saturated heterocycles. The van der Waals surface area contributed by atoms with Crippen molar-refractivity contribution in [3.63, 3.8) is 0 Å². The van der Waals surface area contributed by atoms with Crippen molar-refractivity contribution >= 4 is 29.1 Å². The molecule has 0 aromatic heterocycles. The molecule has 2 amide bonds. The minimum Gasteiger partial charge on any atom is -0.444 e. The highest BCUT2D eigenvalue weighted by Gasteiger charge is 2.41. The number of rotatable bonds is 5. The van der Waals surface area contributed by atoms with E-state index in [-0.39, 0.29) is 23.3 Å². The third kappa shape index (κ3) is 9.25. The predicted molar refractivity (Wildman–Crippen MR) is 113 cm³/mol. The Labute approximate surface area is 178 Å². The van der Waals surface area contributed by atoms with Gasteiger partial charge in [-0.15, -0.1) is 0 Å². The molecule has 1 fully saturated rings. The monoisotopic (exact) mass is 432 g/mol. The summed E-state index contributed by atoms with van der Waals surface area (Å²) in [6, 6.07) is -0.478. The second-order valence-electron chi connectivity index (χ2n) is 9.43. The topological polar surface area (TPSA) is 96.4 Å². The predicted octanol–water partition coefficient (Wildman–Crippen LogP) is 3.26. The van der Waals surface area contributed by atoms with Crippen LogP contribution in [0, 0.1) is 0 Å². The molecule has 3 atom stereocenters. The Morgan fingerprint density at radius 3 is 2.17 bits per heavy atom. The molecule has 0 saturated carbocycles. The van der Waals surface area contributed by atoms with Gasteiger partial charge >= 0.3 is 12.2 Å². The van der Waals surface area contributed by atoms with E-state index in [2.05, 4.69) is 0 Å². The Hall–Kier alpha value is -1.48. The summed E-state index contributed by atoms with van der Waals surface area (Å²) in [7, 11) is 1.61. The SMILES string of the molecule is CC(=O)S[C@@H]1C[C@@H]([C@H](O)CCN(C)C(=O)OC(C)(C)C)N(C(=O)OC(C)(C)C)C1. The highest BCUT2D eigenvalue weighted by molar-refractivity contribution is 8.14. The minimum absolute atomic E-state index is 0.0288. The van der Waals surface area contributed by atoms with E-state index in [4.69, 9.17) is 9.47 Å². The highest BCUT2D eigenvalue weighted by Crippen LogP contribution is 2.32. The summed E-state index contributed by atoms with van der Waals surface area (Å²) in [6.45, 7) is 12.8. The van der Waals surface area contributed by atoms with Gasteiger partial charge in [0, 0.05) is 32.3 Å². The lowest BCUT2D eigenvalue weighted by Crippen LogP contribution is -2.46. The van der Waals surface area contributed by atoms with Crippen LogP contribution in [-0.4, -0.2) is 80.9 Å². The van der Waals surface area contributed by atoms with Gasteiger partial charge in [-0.3, -0.25) is 4.79 Å². The molecule has 1 N–H and O–H groups in total. The van der Waals surface area contributed by atoms with Gasteiger partial charge in [-0.2, -0.15) is 0 Å². The van der Waals surface area contributed by atoms with Crippen LogP contribution in [0.2, 0.25) is 0 Å². The molecule has 0 aromatic carbocycles. The number of aliphatic hydroxyl groups is 1. The third-order valence-corrected chi connectivity index (χ3v) is 5.18. The second-order valence-corrected chi connectivity index (χ2v) is 10.9. The summed E-state index contributed by atoms with van der Waals surface area (Å²) in [5.41, 5.74) is -1.25. The fourth-order valence-corrected chi connectivity index (χ4v) is 3.99. The standard InChI is InChI=1S/C20H36N2O6S/c1-13(23)29-14-11-15(22(12-14)18(26)28-20(5,6)7)16(24)9-10-21(8)17(25)27-19(2,3)4/h14-16,24H,9-12H2,1-8H3/t14-,15+,16-/m1/s1. The fraction of sp³-hybridized carbons (Fsp3) is 0.850. The molecule has 0 aromatic rings. The Morgan fingerprint density at radius 2 is 1.69 bits per heavy atom. The first-order chi connectivity index (χ1) is 13.1. The molecule has 168 valence electrons. The number of ether oxygens (including phenoxy) is 2. The molecule has 9 heteroatoms. The summed E-state index contributed by atoms with van der Waals surface area (Å²) >= 11 is 1.17. The van der Waals surface area contributed by atoms with Gasteiger partial charge in [0.2, 0.25) is 0 Å². The van der Waals surface area contributed by atoms with Crippen LogP contribution in [0.1, 0.15) is 61.3 Å². The molecule has 0 spiro atoms. The Bertz CT molecular complexity index is 599. The first kappa shape index (κ1) is 25.6. The second kappa shape index (κ2) is 10.0. The molecule has 1 heterocycles. The van der Waals surface area contributed by atoms with Gasteiger partial charge in [0.05, 0.1) is 12.1 Å². The maximum atomic E-state index is 12.6. The summed E-state index contributed by atoms with van der Waals surface area (Å²) in [5.74, 6) is 0. The van der Waals surface area contributed by atoms with E-state index < -0.39 is 35.5 Å². The zero-order valence-corrected chi connectivity index (χ0v) is 19.7. The van der Waals surface area contributed by atoms with Gasteiger partial charge in [0.1, 0.15) is 11.2 Å². The van der Waals surface area contributed by atoms with Crippen LogP contribution < -0.4 is 0 Å². The van der Waals surface area contributed by atoms with E-state index in [1.165, 1.54) is 28.5 Å². The molecule has 1 rings (SSSR count). The quantitative estimate of drug-likeness (QED) is 0.712. The van der Waals surface area contributed by atoms with Gasteiger partial charge in [-0.25, -0.2) is 9.59 Å². The maximum Gasteiger partial charge on any atom is 0.410 e. The van der Waals surface area contributed by atoms with E-state index in [1.807, 2.05) is 0 Å². The number of amides is 2. The van der Waals surface area contributed by atoms with Crippen LogP contribution in [0.5, 0.6) is 0 Å². The lowest BCUT2D eigenvalue weighted by molar-refractivity contribution is -0.109. The van der Waals surface area contributed by atoms with E-state index in [0.29, 0.717) is 13.0 Å². The Balaban J connectivity index is 2.77. The van der Waals surface area contributed by atoms with E-state index in [0.717, 1.165) is 0 Å². The van der Waals surface area contributed by atoms with Gasteiger partial charge in [-0.05, 0) is 54.4 Å². The average molecular weight is 433 g/mol. The molecule has 29 heavy (non-hydrogen) atoms. The average Bonchev–Trinajstić information content (AvgIpc) is 2.92. The molecule has 0 radical (unpaired) electrons. The molecule has 0 bridgehead atoms. The Kier molecular flexibility index (Phi) is 8.83. The van der Waals surface area contributed by atoms with Gasteiger partial charge < -0.3 is 24.4 Å². The number of aliphatic hydroxyl groups excluding tert-OH is 1. The van der Waals surface area contributed by atoms with Crippen LogP contribution in [-0.2, 0) is 14.3 Å². The molecule has 1 aliphatic rings. The summed E-state index contributed by atoms with van der Waals surface area (Å²) in [4.78, 5) is 39.1. The number of carbonyl (C=O) groups excluding carboxylic acids is 3. The molecule has 0 aliphatic carbocycles. The summed E-state index contributed by atoms with van der Waals surface area (Å²) in [6.07, 6.45) is -1.07. The van der Waals surface area contributed by atoms with Crippen molar-refractivity contribution in [2.24, 2.45) is 0 Å². The molecule has 1 aliphatic heterocycles. The largest absolute Gasteiger partial charge is 0.444 e. The van der Waals surface area contributed by atoms with Gasteiger partial charge in [0.25, 0.3) is 0 Å². The van der Waals surface area contributed by atoms with Crippen LogP contribution in [0.15, 0.2) is 0 Å². The smallest absolute Gasteiger partial charge is 0.410 e. The third-order valence-electron chi connectivity index (χ3n) is 4.18. The van der Waals surface area contributed by atoms with Crippen LogP contribution >= 0.6 is 11.8 Å². The lowest BCUT2D eigenvalue weighted by Gasteiger charge is -2.31. The van der Waals surface area contributed by atoms with Crippen molar-refractivity contribution in [1.29, 1.82) is 0 Å². The first-order valence-electron chi connectivity index (χ1n) is 9.88. The van der Waals surface area contributed by atoms with Crippen LogP contribution in [0.4, 0.5) is 9.59 Å². The number of thioether (sulfide) groups is 1. The van der Waals surface area contributed by atoms with Crippen molar-refractivity contribution in [3.8, 4) is 0 Å². The zero-order chi connectivity index (χ0) is 22.6. The van der Waals surface area contributed by atoms with Crippen molar-refractivity contribution in [3.05, 3.63) is 0 Å². The number of hydrogen-bond acceptors (Lipinski definition) is 7.